The van der Waals surface area contributed by atoms with Gasteiger partial charge in [0.15, 0.2) is 5.78 Å². The number of hydrogen-bond donors (Lipinski definition) is 0. The van der Waals surface area contributed by atoms with Crippen LogP contribution in [-0.4, -0.2) is 25.8 Å². The average Bonchev–Trinajstić information content (AvgIpc) is 2.27. The summed E-state index contributed by atoms with van der Waals surface area (Å²) >= 11 is 0. The smallest absolute Gasteiger partial charge is 0.297 e. The highest BCUT2D eigenvalue weighted by molar-refractivity contribution is 7.87. The largest absolute Gasteiger partial charge is 0.523 e. The Morgan fingerprint density at radius 1 is 1.26 bits per heavy atom. The minimum absolute atomic E-state index is 0.245. The molecular formula is C11H11F3O4S. The van der Waals surface area contributed by atoms with Crippen molar-refractivity contribution in [2.75, 3.05) is 0 Å². The van der Waals surface area contributed by atoms with Crippen LogP contribution in [0.1, 0.15) is 12.5 Å². The lowest BCUT2D eigenvalue weighted by Crippen LogP contribution is -2.34. The molecule has 1 rings (SSSR count). The Bertz CT molecular complexity index is 537. The van der Waals surface area contributed by atoms with Crippen molar-refractivity contribution in [2.24, 2.45) is 0 Å². The molecule has 0 spiro atoms. The van der Waals surface area contributed by atoms with Gasteiger partial charge in [-0.15, -0.1) is 0 Å². The fourth-order valence-electron chi connectivity index (χ4n) is 1.28. The van der Waals surface area contributed by atoms with Crippen molar-refractivity contribution < 1.29 is 30.6 Å². The van der Waals surface area contributed by atoms with Crippen LogP contribution in [0.25, 0.3) is 0 Å². The third-order valence-corrected chi connectivity index (χ3v) is 3.30. The Morgan fingerprint density at radius 2 is 1.79 bits per heavy atom. The van der Waals surface area contributed by atoms with Crippen molar-refractivity contribution in [2.45, 2.75) is 25.0 Å². The van der Waals surface area contributed by atoms with Crippen LogP contribution in [-0.2, 0) is 25.5 Å². The molecule has 8 heteroatoms. The molecule has 0 saturated heterocycles. The van der Waals surface area contributed by atoms with Crippen LogP contribution in [0.15, 0.2) is 30.3 Å². The number of hydrogen-bond acceptors (Lipinski definition) is 4. The van der Waals surface area contributed by atoms with Crippen LogP contribution in [0.2, 0.25) is 0 Å². The highest BCUT2D eigenvalue weighted by Crippen LogP contribution is 2.26. The van der Waals surface area contributed by atoms with Gasteiger partial charge in [0, 0.05) is 6.42 Å². The lowest BCUT2D eigenvalue weighted by molar-refractivity contribution is -0.124. The second-order valence-electron chi connectivity index (χ2n) is 3.79. The molecule has 0 heterocycles. The Labute approximate surface area is 108 Å². The maximum atomic E-state index is 12.2. The summed E-state index contributed by atoms with van der Waals surface area (Å²) in [5.74, 6) is -0.795. The maximum Gasteiger partial charge on any atom is 0.523 e. The number of Topliss-reactive ketones (excluding diaryl/α,β-unsaturated/α-hetero) is 1. The van der Waals surface area contributed by atoms with Crippen LogP contribution < -0.4 is 0 Å². The van der Waals surface area contributed by atoms with Crippen molar-refractivity contribution in [3.05, 3.63) is 35.9 Å². The summed E-state index contributed by atoms with van der Waals surface area (Å²) < 4.78 is 62.2. The van der Waals surface area contributed by atoms with Gasteiger partial charge in [-0.3, -0.25) is 8.98 Å². The van der Waals surface area contributed by atoms with Gasteiger partial charge in [-0.05, 0) is 12.5 Å². The van der Waals surface area contributed by atoms with Gasteiger partial charge in [-0.2, -0.15) is 21.6 Å². The Hall–Kier alpha value is -1.41. The fourth-order valence-corrected chi connectivity index (χ4v) is 1.90. The molecule has 0 aliphatic rings. The molecule has 4 nitrogen and oxygen atoms in total. The first kappa shape index (κ1) is 15.6. The van der Waals surface area contributed by atoms with Crippen molar-refractivity contribution in [1.29, 1.82) is 0 Å². The number of ketones is 1. The van der Waals surface area contributed by atoms with Crippen molar-refractivity contribution in [1.82, 2.24) is 0 Å². The van der Waals surface area contributed by atoms with Gasteiger partial charge in [0.25, 0.3) is 0 Å². The van der Waals surface area contributed by atoms with Crippen molar-refractivity contribution in [3.63, 3.8) is 0 Å². The summed E-state index contributed by atoms with van der Waals surface area (Å²) in [6.07, 6.45) is -1.93. The molecule has 1 atom stereocenters. The highest BCUT2D eigenvalue weighted by atomic mass is 32.2. The standard InChI is InChI=1S/C11H11F3O4S/c1-8(15)10(7-9-5-3-2-4-6-9)18-19(16,17)11(12,13)14/h2-6,10H,7H2,1H3. The van der Waals surface area contributed by atoms with Gasteiger partial charge >= 0.3 is 15.6 Å². The van der Waals surface area contributed by atoms with E-state index in [1.165, 1.54) is 0 Å². The van der Waals surface area contributed by atoms with E-state index in [0.717, 1.165) is 6.92 Å². The molecule has 1 unspecified atom stereocenters. The zero-order valence-corrected chi connectivity index (χ0v) is 10.7. The van der Waals surface area contributed by atoms with Gasteiger partial charge in [-0.25, -0.2) is 0 Å². The maximum absolute atomic E-state index is 12.2. The lowest BCUT2D eigenvalue weighted by atomic mass is 10.1. The van der Waals surface area contributed by atoms with E-state index >= 15 is 0 Å². The molecule has 1 aromatic carbocycles. The summed E-state index contributed by atoms with van der Waals surface area (Å²) in [6, 6.07) is 8.02. The van der Waals surface area contributed by atoms with Gasteiger partial charge in [-0.1, -0.05) is 30.3 Å². The van der Waals surface area contributed by atoms with Gasteiger partial charge in [0.05, 0.1) is 0 Å². The van der Waals surface area contributed by atoms with Crippen LogP contribution >= 0.6 is 0 Å². The minimum Gasteiger partial charge on any atom is -0.297 e. The first-order chi connectivity index (χ1) is 8.63. The molecule has 0 radical (unpaired) electrons. The molecule has 0 aromatic heterocycles. The van der Waals surface area contributed by atoms with Crippen LogP contribution in [0, 0.1) is 0 Å². The predicted octanol–water partition coefficient (Wildman–Crippen LogP) is 2.05. The predicted molar refractivity (Wildman–Crippen MR) is 60.7 cm³/mol. The SMILES string of the molecule is CC(=O)C(Cc1ccccc1)OS(=O)(=O)C(F)(F)F. The van der Waals surface area contributed by atoms with E-state index in [2.05, 4.69) is 4.18 Å². The molecule has 106 valence electrons. The van der Waals surface area contributed by atoms with E-state index < -0.39 is 27.5 Å². The molecule has 0 aliphatic carbocycles. The van der Waals surface area contributed by atoms with Crippen molar-refractivity contribution in [3.8, 4) is 0 Å². The number of alkyl halides is 3. The van der Waals surface area contributed by atoms with Crippen LogP contribution in [0.3, 0.4) is 0 Å². The number of halogens is 3. The number of benzene rings is 1. The number of carbonyl (C=O) groups excluding carboxylic acids is 1. The van der Waals surface area contributed by atoms with Gasteiger partial charge < -0.3 is 0 Å². The van der Waals surface area contributed by atoms with E-state index in [9.17, 15) is 26.4 Å². The quantitative estimate of drug-likeness (QED) is 0.616. The summed E-state index contributed by atoms with van der Waals surface area (Å²) in [6.45, 7) is 0.972. The van der Waals surface area contributed by atoms with E-state index in [0.29, 0.717) is 5.56 Å². The van der Waals surface area contributed by atoms with Crippen LogP contribution in [0.4, 0.5) is 13.2 Å². The van der Waals surface area contributed by atoms with Crippen LogP contribution in [0.5, 0.6) is 0 Å². The third-order valence-electron chi connectivity index (χ3n) is 2.24. The Morgan fingerprint density at radius 3 is 2.21 bits per heavy atom. The zero-order chi connectivity index (χ0) is 14.7. The fraction of sp³-hybridized carbons (Fsp3) is 0.364. The first-order valence-electron chi connectivity index (χ1n) is 5.17. The van der Waals surface area contributed by atoms with E-state index in [1.807, 2.05) is 0 Å². The van der Waals surface area contributed by atoms with E-state index in [-0.39, 0.29) is 6.42 Å². The summed E-state index contributed by atoms with van der Waals surface area (Å²) in [7, 11) is -5.78. The monoisotopic (exact) mass is 296 g/mol. The Balaban J connectivity index is 2.90. The number of rotatable bonds is 5. The normalized spacial score (nSPS) is 14.1. The third kappa shape index (κ3) is 4.32. The molecule has 0 saturated carbocycles. The van der Waals surface area contributed by atoms with Gasteiger partial charge in [0.1, 0.15) is 6.10 Å². The topological polar surface area (TPSA) is 60.4 Å². The lowest BCUT2D eigenvalue weighted by Gasteiger charge is -2.16. The first-order valence-corrected chi connectivity index (χ1v) is 6.58. The van der Waals surface area contributed by atoms with Crippen molar-refractivity contribution >= 4 is 15.9 Å². The highest BCUT2D eigenvalue weighted by Gasteiger charge is 2.49. The van der Waals surface area contributed by atoms with E-state index in [4.69, 9.17) is 0 Å². The number of carbonyl (C=O) groups is 1. The molecule has 19 heavy (non-hydrogen) atoms. The summed E-state index contributed by atoms with van der Waals surface area (Å²) in [5, 5.41) is 0. The molecule has 1 aromatic rings. The molecule has 0 fully saturated rings. The molecule has 0 aliphatic heterocycles. The molecule has 0 bridgehead atoms. The Kier molecular flexibility index (Phi) is 4.70. The van der Waals surface area contributed by atoms with E-state index in [1.54, 1.807) is 30.3 Å². The minimum atomic E-state index is -5.78. The summed E-state index contributed by atoms with van der Waals surface area (Å²) in [4.78, 5) is 11.2. The average molecular weight is 296 g/mol. The second kappa shape index (κ2) is 5.70. The molecule has 0 amide bonds. The summed E-state index contributed by atoms with van der Waals surface area (Å²) in [5.41, 5.74) is -5.04. The molecule has 0 N–H and O–H groups in total. The zero-order valence-electron chi connectivity index (χ0n) is 9.85. The molecular weight excluding hydrogens is 285 g/mol. The van der Waals surface area contributed by atoms with Gasteiger partial charge in [0.2, 0.25) is 0 Å². The second-order valence-corrected chi connectivity index (χ2v) is 5.35.